The molecule has 1 aromatic heterocycles. The Kier molecular flexibility index (Phi) is 5.83. The number of halogens is 1. The molecule has 162 valence electrons. The lowest BCUT2D eigenvalue weighted by Crippen LogP contribution is -2.29. The Labute approximate surface area is 189 Å². The fourth-order valence-corrected chi connectivity index (χ4v) is 3.92. The van der Waals surface area contributed by atoms with E-state index >= 15 is 0 Å². The Hall–Kier alpha value is -3.84. The maximum atomic E-state index is 13.1. The van der Waals surface area contributed by atoms with Gasteiger partial charge in [-0.3, -0.25) is 14.6 Å². The molecule has 1 aliphatic heterocycles. The number of carbonyl (C=O) groups excluding carboxylic acids is 2. The van der Waals surface area contributed by atoms with Crippen LogP contribution in [-0.2, 0) is 16.1 Å². The zero-order valence-corrected chi connectivity index (χ0v) is 17.8. The van der Waals surface area contributed by atoms with Crippen molar-refractivity contribution in [2.24, 2.45) is 0 Å². The third-order valence-corrected chi connectivity index (χ3v) is 5.48. The summed E-state index contributed by atoms with van der Waals surface area (Å²) in [5, 5.41) is 21.2. The molecule has 1 aliphatic rings. The normalized spacial score (nSPS) is 17.6. The van der Waals surface area contributed by atoms with Crippen molar-refractivity contribution in [2.75, 3.05) is 7.11 Å². The molecular formula is C24H19ClN2O5. The zero-order chi connectivity index (χ0) is 22.8. The van der Waals surface area contributed by atoms with E-state index in [1.54, 1.807) is 48.8 Å². The van der Waals surface area contributed by atoms with Crippen LogP contribution in [0.4, 0.5) is 0 Å². The van der Waals surface area contributed by atoms with Crippen LogP contribution in [0.5, 0.6) is 11.5 Å². The number of hydrogen-bond acceptors (Lipinski definition) is 6. The van der Waals surface area contributed by atoms with Gasteiger partial charge in [-0.1, -0.05) is 29.8 Å². The minimum atomic E-state index is -0.889. The van der Waals surface area contributed by atoms with Gasteiger partial charge in [0.2, 0.25) is 0 Å². The van der Waals surface area contributed by atoms with Gasteiger partial charge in [0.05, 0.1) is 24.3 Å². The molecule has 1 saturated heterocycles. The highest BCUT2D eigenvalue weighted by Crippen LogP contribution is 2.42. The molecule has 8 heteroatoms. The Morgan fingerprint density at radius 1 is 1.16 bits per heavy atom. The van der Waals surface area contributed by atoms with Gasteiger partial charge in [-0.25, -0.2) is 0 Å². The summed E-state index contributed by atoms with van der Waals surface area (Å²) in [6, 6.07) is 13.4. The van der Waals surface area contributed by atoms with Crippen molar-refractivity contribution in [3.63, 3.8) is 0 Å². The van der Waals surface area contributed by atoms with Crippen LogP contribution in [0.3, 0.4) is 0 Å². The van der Waals surface area contributed by atoms with Crippen LogP contribution < -0.4 is 4.74 Å². The molecule has 32 heavy (non-hydrogen) atoms. The fourth-order valence-electron chi connectivity index (χ4n) is 3.74. The van der Waals surface area contributed by atoms with E-state index in [1.165, 1.54) is 30.2 Å². The Morgan fingerprint density at radius 2 is 1.91 bits per heavy atom. The molecule has 0 aliphatic carbocycles. The van der Waals surface area contributed by atoms with Gasteiger partial charge < -0.3 is 19.8 Å². The first kappa shape index (κ1) is 21.4. The number of amides is 1. The molecule has 2 heterocycles. The van der Waals surface area contributed by atoms with E-state index in [0.29, 0.717) is 16.3 Å². The lowest BCUT2D eigenvalue weighted by atomic mass is 9.95. The molecule has 3 aromatic rings. The van der Waals surface area contributed by atoms with Crippen LogP contribution in [0.15, 0.2) is 72.6 Å². The molecule has 0 bridgehead atoms. The summed E-state index contributed by atoms with van der Waals surface area (Å²) in [6.45, 7) is 0.105. The van der Waals surface area contributed by atoms with E-state index in [-0.39, 0.29) is 23.4 Å². The number of hydrogen-bond donors (Lipinski definition) is 2. The van der Waals surface area contributed by atoms with Crippen LogP contribution >= 0.6 is 11.6 Å². The molecule has 7 nitrogen and oxygen atoms in total. The number of ketones is 1. The molecule has 2 N–H and O–H groups in total. The van der Waals surface area contributed by atoms with Gasteiger partial charge in [-0.15, -0.1) is 0 Å². The van der Waals surface area contributed by atoms with Crippen LogP contribution in [0, 0.1) is 0 Å². The maximum absolute atomic E-state index is 13.1. The van der Waals surface area contributed by atoms with Crippen molar-refractivity contribution < 1.29 is 24.5 Å². The number of Topliss-reactive ketones (excluding diaryl/α,β-unsaturated/α-hetero) is 1. The Balaban J connectivity index is 1.91. The van der Waals surface area contributed by atoms with E-state index in [4.69, 9.17) is 16.3 Å². The summed E-state index contributed by atoms with van der Waals surface area (Å²) in [5.41, 5.74) is 1.38. The summed E-state index contributed by atoms with van der Waals surface area (Å²) < 4.78 is 5.32. The Morgan fingerprint density at radius 3 is 2.56 bits per heavy atom. The van der Waals surface area contributed by atoms with E-state index in [0.717, 1.165) is 5.56 Å². The van der Waals surface area contributed by atoms with Crippen molar-refractivity contribution in [1.82, 2.24) is 9.88 Å². The minimum absolute atomic E-state index is 0.0365. The molecular weight excluding hydrogens is 432 g/mol. The quantitative estimate of drug-likeness (QED) is 0.345. The second-order valence-electron chi connectivity index (χ2n) is 7.22. The topological polar surface area (TPSA) is 100.0 Å². The number of phenols is 1. The molecule has 1 fully saturated rings. The molecule has 0 spiro atoms. The average molecular weight is 451 g/mol. The predicted molar refractivity (Wildman–Crippen MR) is 118 cm³/mol. The predicted octanol–water partition coefficient (Wildman–Crippen LogP) is 4.07. The lowest BCUT2D eigenvalue weighted by Gasteiger charge is -2.25. The molecule has 1 amide bonds. The summed E-state index contributed by atoms with van der Waals surface area (Å²) in [6.07, 6.45) is 3.22. The van der Waals surface area contributed by atoms with Crippen LogP contribution in [0.1, 0.15) is 22.7 Å². The number of methoxy groups -OCH3 is 1. The van der Waals surface area contributed by atoms with E-state index in [2.05, 4.69) is 4.98 Å². The largest absolute Gasteiger partial charge is 0.508 e. The number of ether oxygens (including phenoxy) is 1. The molecule has 2 aromatic carbocycles. The van der Waals surface area contributed by atoms with Gasteiger partial charge in [0.25, 0.3) is 11.7 Å². The van der Waals surface area contributed by atoms with Gasteiger partial charge in [0, 0.05) is 24.0 Å². The van der Waals surface area contributed by atoms with Gasteiger partial charge in [0.1, 0.15) is 17.3 Å². The average Bonchev–Trinajstić information content (AvgIpc) is 3.04. The lowest BCUT2D eigenvalue weighted by molar-refractivity contribution is -0.140. The maximum Gasteiger partial charge on any atom is 0.295 e. The van der Waals surface area contributed by atoms with Crippen molar-refractivity contribution in [2.45, 2.75) is 12.6 Å². The van der Waals surface area contributed by atoms with E-state index < -0.39 is 23.5 Å². The van der Waals surface area contributed by atoms with Gasteiger partial charge in [-0.05, 0) is 47.5 Å². The first-order valence-electron chi connectivity index (χ1n) is 9.71. The summed E-state index contributed by atoms with van der Waals surface area (Å²) in [5.74, 6) is -1.64. The zero-order valence-electron chi connectivity index (χ0n) is 17.0. The van der Waals surface area contributed by atoms with Crippen molar-refractivity contribution in [3.05, 3.63) is 94.3 Å². The highest BCUT2D eigenvalue weighted by atomic mass is 35.5. The standard InChI is InChI=1S/C24H19ClN2O5/c1-32-19-9-6-16(25)11-18(19)22(29)20-21(15-4-7-17(28)8-5-15)27(24(31)23(20)30)13-14-3-2-10-26-12-14/h2-12,21,28-29H,13H2,1H3/b22-20+. The summed E-state index contributed by atoms with van der Waals surface area (Å²) >= 11 is 6.11. The third kappa shape index (κ3) is 3.90. The number of aliphatic hydroxyl groups excluding tert-OH is 1. The first-order valence-corrected chi connectivity index (χ1v) is 10.1. The van der Waals surface area contributed by atoms with Crippen molar-refractivity contribution in [1.29, 1.82) is 0 Å². The highest BCUT2D eigenvalue weighted by molar-refractivity contribution is 6.46. The fraction of sp³-hybridized carbons (Fsp3) is 0.125. The summed E-state index contributed by atoms with van der Waals surface area (Å²) in [4.78, 5) is 31.6. The third-order valence-electron chi connectivity index (χ3n) is 5.24. The van der Waals surface area contributed by atoms with Crippen LogP contribution in [-0.4, -0.2) is 38.9 Å². The SMILES string of the molecule is COc1ccc(Cl)cc1/C(O)=C1\C(=O)C(=O)N(Cc2cccnc2)C1c1ccc(O)cc1. The number of phenolic OH excluding ortho intramolecular Hbond substituents is 1. The van der Waals surface area contributed by atoms with E-state index in [1.807, 2.05) is 0 Å². The molecule has 4 rings (SSSR count). The number of carbonyl (C=O) groups is 2. The number of likely N-dealkylation sites (tertiary alicyclic amines) is 1. The number of aliphatic hydroxyl groups is 1. The number of nitrogens with zero attached hydrogens (tertiary/aromatic N) is 2. The van der Waals surface area contributed by atoms with Crippen molar-refractivity contribution in [3.8, 4) is 11.5 Å². The van der Waals surface area contributed by atoms with Crippen LogP contribution in [0.2, 0.25) is 5.02 Å². The summed E-state index contributed by atoms with van der Waals surface area (Å²) in [7, 11) is 1.43. The second kappa shape index (κ2) is 8.72. The number of benzene rings is 2. The van der Waals surface area contributed by atoms with E-state index in [9.17, 15) is 19.8 Å². The van der Waals surface area contributed by atoms with Crippen LogP contribution in [0.25, 0.3) is 5.76 Å². The molecule has 1 unspecified atom stereocenters. The molecule has 1 atom stereocenters. The Bertz CT molecular complexity index is 1210. The molecule has 0 saturated carbocycles. The molecule has 0 radical (unpaired) electrons. The monoisotopic (exact) mass is 450 g/mol. The highest BCUT2D eigenvalue weighted by Gasteiger charge is 2.46. The van der Waals surface area contributed by atoms with Gasteiger partial charge >= 0.3 is 0 Å². The minimum Gasteiger partial charge on any atom is -0.508 e. The van der Waals surface area contributed by atoms with Gasteiger partial charge in [-0.2, -0.15) is 0 Å². The number of aromatic nitrogens is 1. The second-order valence-corrected chi connectivity index (χ2v) is 7.66. The van der Waals surface area contributed by atoms with Crippen molar-refractivity contribution >= 4 is 29.1 Å². The van der Waals surface area contributed by atoms with Gasteiger partial charge in [0.15, 0.2) is 0 Å². The number of rotatable bonds is 5. The number of pyridine rings is 1. The smallest absolute Gasteiger partial charge is 0.295 e. The first-order chi connectivity index (χ1) is 15.4. The number of aromatic hydroxyl groups is 1.